The van der Waals surface area contributed by atoms with E-state index in [9.17, 15) is 9.59 Å². The zero-order chi connectivity index (χ0) is 11.4. The number of ether oxygens (including phenoxy) is 1. The van der Waals surface area contributed by atoms with Crippen molar-refractivity contribution < 1.29 is 14.3 Å². The van der Waals surface area contributed by atoms with Crippen molar-refractivity contribution in [3.63, 3.8) is 0 Å². The van der Waals surface area contributed by atoms with Gasteiger partial charge in [0, 0.05) is 5.92 Å². The Hall–Kier alpha value is -0.900. The molecule has 0 spiro atoms. The summed E-state index contributed by atoms with van der Waals surface area (Å²) in [6, 6.07) is 0. The largest absolute Gasteiger partial charge is 0.365 e. The highest BCUT2D eigenvalue weighted by Crippen LogP contribution is 2.18. The zero-order valence-corrected chi connectivity index (χ0v) is 9.58. The maximum atomic E-state index is 11.5. The van der Waals surface area contributed by atoms with E-state index in [0.29, 0.717) is 0 Å². The predicted octanol–water partition coefficient (Wildman–Crippen LogP) is 0.895. The summed E-state index contributed by atoms with van der Waals surface area (Å²) in [7, 11) is 0. The molecule has 0 aromatic heterocycles. The molecule has 1 aliphatic rings. The number of amides is 1. The summed E-state index contributed by atoms with van der Waals surface area (Å²) in [5, 5.41) is 2.61. The number of carbonyl (C=O) groups is 2. The fourth-order valence-electron chi connectivity index (χ4n) is 1.49. The first-order chi connectivity index (χ1) is 7.00. The Morgan fingerprint density at radius 1 is 1.40 bits per heavy atom. The third-order valence-electron chi connectivity index (χ3n) is 2.61. The van der Waals surface area contributed by atoms with Crippen molar-refractivity contribution in [2.24, 2.45) is 5.92 Å². The number of carbonyl (C=O) groups excluding carboxylic acids is 2. The first-order valence-corrected chi connectivity index (χ1v) is 5.46. The van der Waals surface area contributed by atoms with Crippen molar-refractivity contribution in [2.75, 3.05) is 6.54 Å². The number of nitrogens with one attached hydrogen (secondary N) is 1. The molecule has 15 heavy (non-hydrogen) atoms. The Morgan fingerprint density at radius 2 is 2.07 bits per heavy atom. The molecule has 1 N–H and O–H groups in total. The molecule has 2 unspecified atom stereocenters. The van der Waals surface area contributed by atoms with Gasteiger partial charge in [-0.25, -0.2) is 0 Å². The van der Waals surface area contributed by atoms with E-state index >= 15 is 0 Å². The smallest absolute Gasteiger partial charge is 0.249 e. The van der Waals surface area contributed by atoms with E-state index in [1.54, 1.807) is 0 Å². The molecule has 1 rings (SSSR count). The van der Waals surface area contributed by atoms with Gasteiger partial charge >= 0.3 is 0 Å². The third-order valence-corrected chi connectivity index (χ3v) is 2.61. The Balaban J connectivity index is 2.27. The first kappa shape index (κ1) is 12.2. The summed E-state index contributed by atoms with van der Waals surface area (Å²) in [6.45, 7) is 5.71. The minimum absolute atomic E-state index is 0.0336. The van der Waals surface area contributed by atoms with Crippen LogP contribution >= 0.6 is 0 Å². The zero-order valence-electron chi connectivity index (χ0n) is 9.58. The van der Waals surface area contributed by atoms with Crippen molar-refractivity contribution in [2.45, 2.75) is 45.8 Å². The van der Waals surface area contributed by atoms with Crippen LogP contribution in [0.5, 0.6) is 0 Å². The number of hydrogen-bond donors (Lipinski definition) is 1. The second-order valence-corrected chi connectivity index (χ2v) is 4.35. The summed E-state index contributed by atoms with van der Waals surface area (Å²) in [6.07, 6.45) is 1.46. The van der Waals surface area contributed by atoms with Crippen molar-refractivity contribution in [3.8, 4) is 0 Å². The normalized spacial score (nSPS) is 25.6. The molecule has 0 bridgehead atoms. The summed E-state index contributed by atoms with van der Waals surface area (Å²) in [4.78, 5) is 22.8. The SMILES string of the molecule is CC1CCC(C(=O)NCC(=O)C(C)C)O1. The van der Waals surface area contributed by atoms with E-state index in [1.165, 1.54) is 0 Å². The van der Waals surface area contributed by atoms with Gasteiger partial charge in [-0.05, 0) is 19.8 Å². The van der Waals surface area contributed by atoms with E-state index in [2.05, 4.69) is 5.32 Å². The van der Waals surface area contributed by atoms with Crippen LogP contribution in [-0.2, 0) is 14.3 Å². The van der Waals surface area contributed by atoms with E-state index in [-0.39, 0.29) is 36.4 Å². The van der Waals surface area contributed by atoms with Gasteiger partial charge in [0.1, 0.15) is 6.10 Å². The molecular weight excluding hydrogens is 194 g/mol. The maximum Gasteiger partial charge on any atom is 0.249 e. The minimum Gasteiger partial charge on any atom is -0.365 e. The maximum absolute atomic E-state index is 11.5. The summed E-state index contributed by atoms with van der Waals surface area (Å²) in [5.74, 6) is -0.142. The van der Waals surface area contributed by atoms with E-state index in [1.807, 2.05) is 20.8 Å². The molecule has 0 aliphatic carbocycles. The lowest BCUT2D eigenvalue weighted by atomic mass is 10.1. The second-order valence-electron chi connectivity index (χ2n) is 4.35. The Bertz CT molecular complexity index is 250. The van der Waals surface area contributed by atoms with Crippen LogP contribution in [0, 0.1) is 5.92 Å². The predicted molar refractivity (Wildman–Crippen MR) is 56.4 cm³/mol. The topological polar surface area (TPSA) is 55.4 Å². The van der Waals surface area contributed by atoms with Crippen molar-refractivity contribution in [1.29, 1.82) is 0 Å². The minimum atomic E-state index is -0.361. The lowest BCUT2D eigenvalue weighted by Crippen LogP contribution is -2.38. The standard InChI is InChI=1S/C11H19NO3/c1-7(2)9(13)6-12-11(14)10-5-4-8(3)15-10/h7-8,10H,4-6H2,1-3H3,(H,12,14). The molecule has 4 nitrogen and oxygen atoms in total. The number of rotatable bonds is 4. The van der Waals surface area contributed by atoms with Crippen molar-refractivity contribution in [1.82, 2.24) is 5.32 Å². The fourth-order valence-corrected chi connectivity index (χ4v) is 1.49. The lowest BCUT2D eigenvalue weighted by molar-refractivity contribution is -0.133. The molecule has 2 atom stereocenters. The highest BCUT2D eigenvalue weighted by Gasteiger charge is 2.28. The number of ketones is 1. The van der Waals surface area contributed by atoms with Gasteiger partial charge in [-0.3, -0.25) is 9.59 Å². The van der Waals surface area contributed by atoms with Gasteiger partial charge in [-0.1, -0.05) is 13.8 Å². The molecule has 1 heterocycles. The molecule has 1 aliphatic heterocycles. The Labute approximate surface area is 90.4 Å². The Morgan fingerprint density at radius 3 is 2.53 bits per heavy atom. The second kappa shape index (κ2) is 5.26. The average molecular weight is 213 g/mol. The van der Waals surface area contributed by atoms with Crippen LogP contribution in [0.3, 0.4) is 0 Å². The summed E-state index contributed by atoms with van der Waals surface area (Å²) >= 11 is 0. The van der Waals surface area contributed by atoms with Crippen LogP contribution in [0.1, 0.15) is 33.6 Å². The van der Waals surface area contributed by atoms with Crippen molar-refractivity contribution >= 4 is 11.7 Å². The van der Waals surface area contributed by atoms with Crippen LogP contribution in [0.15, 0.2) is 0 Å². The molecule has 1 fully saturated rings. The highest BCUT2D eigenvalue weighted by atomic mass is 16.5. The van der Waals surface area contributed by atoms with Crippen LogP contribution in [0.4, 0.5) is 0 Å². The molecule has 0 aromatic carbocycles. The van der Waals surface area contributed by atoms with Gasteiger partial charge in [-0.15, -0.1) is 0 Å². The molecule has 1 saturated heterocycles. The number of hydrogen-bond acceptors (Lipinski definition) is 3. The van der Waals surface area contributed by atoms with E-state index in [4.69, 9.17) is 4.74 Å². The van der Waals surface area contributed by atoms with Gasteiger partial charge in [0.25, 0.3) is 0 Å². The average Bonchev–Trinajstić information content (AvgIpc) is 2.60. The molecule has 4 heteroatoms. The van der Waals surface area contributed by atoms with Gasteiger partial charge in [0.15, 0.2) is 5.78 Å². The quantitative estimate of drug-likeness (QED) is 0.754. The monoisotopic (exact) mass is 213 g/mol. The molecule has 1 amide bonds. The summed E-state index contributed by atoms with van der Waals surface area (Å²) in [5.41, 5.74) is 0. The van der Waals surface area contributed by atoms with Crippen LogP contribution in [0.2, 0.25) is 0 Å². The van der Waals surface area contributed by atoms with Crippen molar-refractivity contribution in [3.05, 3.63) is 0 Å². The molecule has 0 aromatic rings. The summed E-state index contributed by atoms with van der Waals surface area (Å²) < 4.78 is 5.39. The molecule has 86 valence electrons. The Kier molecular flexibility index (Phi) is 4.27. The van der Waals surface area contributed by atoms with Gasteiger partial charge < -0.3 is 10.1 Å². The van der Waals surface area contributed by atoms with Crippen LogP contribution < -0.4 is 5.32 Å². The van der Waals surface area contributed by atoms with Crippen LogP contribution in [-0.4, -0.2) is 30.4 Å². The lowest BCUT2D eigenvalue weighted by Gasteiger charge is -2.11. The molecule has 0 saturated carbocycles. The van der Waals surface area contributed by atoms with E-state index in [0.717, 1.165) is 12.8 Å². The third kappa shape index (κ3) is 3.63. The van der Waals surface area contributed by atoms with Gasteiger partial charge in [-0.2, -0.15) is 0 Å². The fraction of sp³-hybridized carbons (Fsp3) is 0.818. The van der Waals surface area contributed by atoms with Gasteiger partial charge in [0.05, 0.1) is 12.6 Å². The highest BCUT2D eigenvalue weighted by molar-refractivity contribution is 5.88. The molecule has 0 radical (unpaired) electrons. The van der Waals surface area contributed by atoms with Gasteiger partial charge in [0.2, 0.25) is 5.91 Å². The van der Waals surface area contributed by atoms with Crippen LogP contribution in [0.25, 0.3) is 0 Å². The first-order valence-electron chi connectivity index (χ1n) is 5.46. The van der Waals surface area contributed by atoms with E-state index < -0.39 is 0 Å². The molecular formula is C11H19NO3. The number of Topliss-reactive ketones (excluding diaryl/α,β-unsaturated/α-hetero) is 1.